The van der Waals surface area contributed by atoms with E-state index in [2.05, 4.69) is 25.5 Å². The molecule has 0 saturated carbocycles. The number of aromatic nitrogens is 5. The second-order valence-electron chi connectivity index (χ2n) is 7.13. The molecule has 0 fully saturated rings. The van der Waals surface area contributed by atoms with Gasteiger partial charge in [0.15, 0.2) is 0 Å². The van der Waals surface area contributed by atoms with Crippen molar-refractivity contribution in [2.24, 2.45) is 5.10 Å². The first kappa shape index (κ1) is 18.5. The quantitative estimate of drug-likeness (QED) is 0.363. The Labute approximate surface area is 178 Å². The molecule has 7 nitrogen and oxygen atoms in total. The lowest BCUT2D eigenvalue weighted by Crippen LogP contribution is -1.98. The molecule has 0 saturated heterocycles. The first-order valence-electron chi connectivity index (χ1n) is 9.83. The molecule has 1 aliphatic carbocycles. The first-order chi connectivity index (χ1) is 14.8. The van der Waals surface area contributed by atoms with Crippen LogP contribution in [0.25, 0.3) is 11.5 Å². The van der Waals surface area contributed by atoms with Crippen molar-refractivity contribution < 1.29 is 4.74 Å². The second kappa shape index (κ2) is 8.08. The van der Waals surface area contributed by atoms with Gasteiger partial charge >= 0.3 is 0 Å². The Morgan fingerprint density at radius 1 is 1.03 bits per heavy atom. The maximum atomic E-state index is 5.83. The molecule has 0 bridgehead atoms. The van der Waals surface area contributed by atoms with Gasteiger partial charge in [-0.15, -0.1) is 0 Å². The average Bonchev–Trinajstić information content (AvgIpc) is 3.49. The highest BCUT2D eigenvalue weighted by molar-refractivity contribution is 7.71. The molecule has 0 aliphatic heterocycles. The first-order valence-corrected chi connectivity index (χ1v) is 10.2. The fourth-order valence-electron chi connectivity index (χ4n) is 3.57. The molecule has 2 N–H and O–H groups in total. The second-order valence-corrected chi connectivity index (χ2v) is 7.52. The van der Waals surface area contributed by atoms with Crippen LogP contribution in [-0.2, 0) is 19.4 Å². The van der Waals surface area contributed by atoms with Gasteiger partial charge in [0.1, 0.15) is 18.1 Å². The number of nitrogens with zero attached hydrogens (tertiary/aromatic N) is 4. The van der Waals surface area contributed by atoms with Crippen LogP contribution < -0.4 is 4.74 Å². The smallest absolute Gasteiger partial charge is 0.216 e. The van der Waals surface area contributed by atoms with Crippen molar-refractivity contribution in [3.05, 3.63) is 81.8 Å². The number of benzene rings is 2. The van der Waals surface area contributed by atoms with E-state index in [0.717, 1.165) is 41.8 Å². The molecule has 4 aromatic rings. The number of ether oxygens (including phenoxy) is 1. The Kier molecular flexibility index (Phi) is 4.98. The molecule has 2 heterocycles. The predicted octanol–water partition coefficient (Wildman–Crippen LogP) is 4.28. The number of aromatic amines is 2. The molecule has 2 aromatic heterocycles. The van der Waals surface area contributed by atoms with E-state index in [-0.39, 0.29) is 0 Å². The number of hydrogen-bond acceptors (Lipinski definition) is 5. The molecular weight excluding hydrogens is 396 g/mol. The highest BCUT2D eigenvalue weighted by Crippen LogP contribution is 2.29. The van der Waals surface area contributed by atoms with Gasteiger partial charge in [-0.3, -0.25) is 5.10 Å². The number of fused-ring (bicyclic) bond motifs is 1. The largest absolute Gasteiger partial charge is 0.489 e. The fraction of sp³-hybridized carbons (Fsp3) is 0.182. The number of nitrogens with one attached hydrogen (secondary N) is 2. The summed E-state index contributed by atoms with van der Waals surface area (Å²) in [5.41, 5.74) is 5.27. The lowest BCUT2D eigenvalue weighted by atomic mass is 10.2. The molecule has 1 aliphatic rings. The number of rotatable bonds is 6. The fourth-order valence-corrected chi connectivity index (χ4v) is 3.75. The molecule has 150 valence electrons. The SMILES string of the molecule is S=c1[nH]nc(-c2n[nH]c3c2CCC3)n1/N=C/c1ccc(OCc2ccccc2)cc1. The molecular formula is C22H20N6OS. The predicted molar refractivity (Wildman–Crippen MR) is 117 cm³/mol. The van der Waals surface area contributed by atoms with Crippen molar-refractivity contribution in [1.29, 1.82) is 0 Å². The van der Waals surface area contributed by atoms with Gasteiger partial charge in [-0.2, -0.15) is 20.0 Å². The lowest BCUT2D eigenvalue weighted by Gasteiger charge is -2.06. The molecule has 30 heavy (non-hydrogen) atoms. The summed E-state index contributed by atoms with van der Waals surface area (Å²) in [6, 6.07) is 17.9. The van der Waals surface area contributed by atoms with E-state index in [9.17, 15) is 0 Å². The van der Waals surface area contributed by atoms with E-state index >= 15 is 0 Å². The summed E-state index contributed by atoms with van der Waals surface area (Å²) in [5, 5.41) is 19.2. The van der Waals surface area contributed by atoms with Crippen molar-refractivity contribution in [2.75, 3.05) is 0 Å². The molecule has 0 amide bonds. The van der Waals surface area contributed by atoms with Crippen LogP contribution in [0.2, 0.25) is 0 Å². The van der Waals surface area contributed by atoms with Gasteiger partial charge in [-0.1, -0.05) is 30.3 Å². The molecule has 0 unspecified atom stereocenters. The van der Waals surface area contributed by atoms with Gasteiger partial charge < -0.3 is 4.74 Å². The summed E-state index contributed by atoms with van der Waals surface area (Å²) >= 11 is 5.37. The number of H-pyrrole nitrogens is 2. The minimum absolute atomic E-state index is 0.429. The van der Waals surface area contributed by atoms with Crippen molar-refractivity contribution in [3.63, 3.8) is 0 Å². The van der Waals surface area contributed by atoms with Crippen molar-refractivity contribution in [2.45, 2.75) is 25.9 Å². The minimum Gasteiger partial charge on any atom is -0.489 e. The van der Waals surface area contributed by atoms with Crippen LogP contribution in [0.4, 0.5) is 0 Å². The molecule has 0 radical (unpaired) electrons. The average molecular weight is 417 g/mol. The maximum absolute atomic E-state index is 5.83. The van der Waals surface area contributed by atoms with E-state index in [0.29, 0.717) is 17.2 Å². The van der Waals surface area contributed by atoms with E-state index in [1.807, 2.05) is 54.6 Å². The highest BCUT2D eigenvalue weighted by Gasteiger charge is 2.23. The van der Waals surface area contributed by atoms with E-state index in [1.54, 1.807) is 10.9 Å². The normalized spacial score (nSPS) is 13.1. The highest BCUT2D eigenvalue weighted by atomic mass is 32.1. The van der Waals surface area contributed by atoms with Gasteiger partial charge in [0.2, 0.25) is 10.6 Å². The van der Waals surface area contributed by atoms with Gasteiger partial charge in [0.05, 0.1) is 6.21 Å². The molecule has 8 heteroatoms. The monoisotopic (exact) mass is 416 g/mol. The third kappa shape index (κ3) is 3.69. The van der Waals surface area contributed by atoms with E-state index in [4.69, 9.17) is 17.0 Å². The van der Waals surface area contributed by atoms with Gasteiger partial charge in [-0.25, -0.2) is 5.10 Å². The summed E-state index contributed by atoms with van der Waals surface area (Å²) in [6.45, 7) is 0.538. The number of aryl methyl sites for hydroxylation is 1. The topological polar surface area (TPSA) is 83.9 Å². The Bertz CT molecular complexity index is 1240. The third-order valence-corrected chi connectivity index (χ3v) is 5.38. The van der Waals surface area contributed by atoms with Gasteiger partial charge in [0.25, 0.3) is 0 Å². The molecule has 0 atom stereocenters. The van der Waals surface area contributed by atoms with E-state index < -0.39 is 0 Å². The standard InChI is InChI=1S/C22H20N6OS/c30-22-27-26-21(20-18-7-4-8-19(18)24-25-20)28(22)23-13-15-9-11-17(12-10-15)29-14-16-5-2-1-3-6-16/h1-3,5-6,9-13H,4,7-8,14H2,(H,24,25)(H,27,30)/b23-13+. The van der Waals surface area contributed by atoms with Crippen molar-refractivity contribution in [1.82, 2.24) is 25.1 Å². The Morgan fingerprint density at radius 3 is 2.70 bits per heavy atom. The molecule has 0 spiro atoms. The van der Waals surface area contributed by atoms with Crippen LogP contribution in [0, 0.1) is 4.77 Å². The minimum atomic E-state index is 0.429. The van der Waals surface area contributed by atoms with Crippen LogP contribution in [0.15, 0.2) is 59.7 Å². The third-order valence-electron chi connectivity index (χ3n) is 5.12. The van der Waals surface area contributed by atoms with Crippen LogP contribution in [0.5, 0.6) is 5.75 Å². The summed E-state index contributed by atoms with van der Waals surface area (Å²) in [5.74, 6) is 1.43. The van der Waals surface area contributed by atoms with Crippen LogP contribution in [0.1, 0.15) is 28.8 Å². The van der Waals surface area contributed by atoms with Crippen LogP contribution in [0.3, 0.4) is 0 Å². The van der Waals surface area contributed by atoms with Crippen LogP contribution >= 0.6 is 12.2 Å². The summed E-state index contributed by atoms with van der Waals surface area (Å²) < 4.78 is 7.88. The number of hydrogen-bond donors (Lipinski definition) is 2. The molecule has 5 rings (SSSR count). The Balaban J connectivity index is 1.32. The summed E-state index contributed by atoms with van der Waals surface area (Å²) in [4.78, 5) is 0. The van der Waals surface area contributed by atoms with E-state index in [1.165, 1.54) is 11.3 Å². The summed E-state index contributed by atoms with van der Waals surface area (Å²) in [7, 11) is 0. The van der Waals surface area contributed by atoms with Crippen LogP contribution in [-0.4, -0.2) is 31.3 Å². The lowest BCUT2D eigenvalue weighted by molar-refractivity contribution is 0.306. The Morgan fingerprint density at radius 2 is 1.87 bits per heavy atom. The Hall–Kier alpha value is -3.52. The van der Waals surface area contributed by atoms with Gasteiger partial charge in [0, 0.05) is 11.3 Å². The van der Waals surface area contributed by atoms with Crippen molar-refractivity contribution in [3.8, 4) is 17.3 Å². The maximum Gasteiger partial charge on any atom is 0.216 e. The summed E-state index contributed by atoms with van der Waals surface area (Å²) in [6.07, 6.45) is 4.90. The van der Waals surface area contributed by atoms with Crippen molar-refractivity contribution >= 4 is 18.4 Å². The zero-order valence-corrected chi connectivity index (χ0v) is 17.0. The zero-order chi connectivity index (χ0) is 20.3. The van der Waals surface area contributed by atoms with Gasteiger partial charge in [-0.05, 0) is 66.9 Å². The molecule has 2 aromatic carbocycles. The zero-order valence-electron chi connectivity index (χ0n) is 16.2.